The van der Waals surface area contributed by atoms with E-state index in [4.69, 9.17) is 0 Å². The Hall–Kier alpha value is -4.17. The van der Waals surface area contributed by atoms with E-state index in [9.17, 15) is 4.79 Å². The van der Waals surface area contributed by atoms with Crippen LogP contribution in [0.5, 0.6) is 0 Å². The van der Waals surface area contributed by atoms with Crippen LogP contribution in [0.15, 0.2) is 139 Å². The van der Waals surface area contributed by atoms with Crippen molar-refractivity contribution in [1.82, 2.24) is 0 Å². The van der Waals surface area contributed by atoms with Gasteiger partial charge in [0.1, 0.15) is 0 Å². The van der Waals surface area contributed by atoms with Gasteiger partial charge in [-0.15, -0.1) is 0 Å². The Bertz CT molecular complexity index is 1430. The van der Waals surface area contributed by atoms with Crippen molar-refractivity contribution in [1.29, 1.82) is 0 Å². The molecule has 0 saturated heterocycles. The molecule has 208 valence electrons. The minimum atomic E-state index is -0.177. The summed E-state index contributed by atoms with van der Waals surface area (Å²) in [7, 11) is 0. The van der Waals surface area contributed by atoms with Gasteiger partial charge < -0.3 is 4.90 Å². The summed E-state index contributed by atoms with van der Waals surface area (Å²) in [5, 5.41) is 0. The van der Waals surface area contributed by atoms with Crippen LogP contribution in [0.2, 0.25) is 0 Å². The molecule has 0 saturated carbocycles. The molecule has 0 N–H and O–H groups in total. The molecule has 1 heterocycles. The molecule has 1 aliphatic heterocycles. The fraction of sp³-hybridized carbons (Fsp3) is 0.237. The molecule has 2 nitrogen and oxygen atoms in total. The number of hydrogen-bond acceptors (Lipinski definition) is 2. The first-order valence-electron chi connectivity index (χ1n) is 13.9. The minimum Gasteiger partial charge on any atom is -0.310 e. The summed E-state index contributed by atoms with van der Waals surface area (Å²) in [5.74, 6) is -0.112. The lowest BCUT2D eigenvalue weighted by molar-refractivity contribution is -0.111. The lowest BCUT2D eigenvalue weighted by atomic mass is 9.73. The maximum Gasteiger partial charge on any atom is 0.192 e. The summed E-state index contributed by atoms with van der Waals surface area (Å²) < 4.78 is 0. The van der Waals surface area contributed by atoms with Crippen LogP contribution >= 0.6 is 0 Å². The molecule has 0 amide bonds. The molecule has 0 spiro atoms. The number of allylic oxidation sites excluding steroid dienone is 11. The molecular formula is C38H45NO. The van der Waals surface area contributed by atoms with Crippen LogP contribution < -0.4 is 4.90 Å². The molecule has 0 unspecified atom stereocenters. The Balaban J connectivity index is 0.00000274. The quantitative estimate of drug-likeness (QED) is 0.237. The molecule has 0 atom stereocenters. The molecule has 2 aromatic rings. The van der Waals surface area contributed by atoms with Crippen molar-refractivity contribution in [3.05, 3.63) is 150 Å². The Morgan fingerprint density at radius 2 is 1.52 bits per heavy atom. The monoisotopic (exact) mass is 531 g/mol. The number of para-hydroxylation sites is 1. The van der Waals surface area contributed by atoms with E-state index in [-0.39, 0.29) is 11.2 Å². The van der Waals surface area contributed by atoms with Gasteiger partial charge in [-0.05, 0) is 85.9 Å². The van der Waals surface area contributed by atoms with Crippen molar-refractivity contribution in [3.8, 4) is 0 Å². The highest BCUT2D eigenvalue weighted by Gasteiger charge is 2.36. The van der Waals surface area contributed by atoms with Crippen LogP contribution in [0, 0.1) is 0 Å². The number of carbonyl (C=O) groups excluding carboxylic acids is 1. The van der Waals surface area contributed by atoms with E-state index < -0.39 is 0 Å². The van der Waals surface area contributed by atoms with Gasteiger partial charge in [-0.1, -0.05) is 108 Å². The number of rotatable bonds is 9. The van der Waals surface area contributed by atoms with Crippen LogP contribution in [0.4, 0.5) is 11.4 Å². The molecule has 0 bridgehead atoms. The fourth-order valence-corrected chi connectivity index (χ4v) is 4.88. The second-order valence-electron chi connectivity index (χ2n) is 10.3. The van der Waals surface area contributed by atoms with Gasteiger partial charge in [0.15, 0.2) is 5.78 Å². The van der Waals surface area contributed by atoms with Gasteiger partial charge in [-0.2, -0.15) is 0 Å². The summed E-state index contributed by atoms with van der Waals surface area (Å²) in [6, 6.07) is 16.9. The summed E-state index contributed by atoms with van der Waals surface area (Å²) in [5.41, 5.74) is 10.0. The molecule has 0 radical (unpaired) electrons. The van der Waals surface area contributed by atoms with Crippen LogP contribution in [-0.4, -0.2) is 5.78 Å². The topological polar surface area (TPSA) is 20.3 Å². The summed E-state index contributed by atoms with van der Waals surface area (Å²) in [6.07, 6.45) is 9.88. The molecule has 1 aliphatic rings. The maximum atomic E-state index is 13.1. The smallest absolute Gasteiger partial charge is 0.192 e. The minimum absolute atomic E-state index is 0.112. The van der Waals surface area contributed by atoms with Crippen molar-refractivity contribution < 1.29 is 4.79 Å². The highest BCUT2D eigenvalue weighted by molar-refractivity contribution is 6.13. The number of carbonyl (C=O) groups is 1. The largest absolute Gasteiger partial charge is 0.310 e. The van der Waals surface area contributed by atoms with E-state index in [0.717, 1.165) is 33.8 Å². The zero-order valence-electron chi connectivity index (χ0n) is 25.7. The molecule has 2 aromatic carbocycles. The number of nitrogens with zero attached hydrogens (tertiary/aromatic N) is 1. The SMILES string of the molecule is C=CC1=C(/C=C\C)N(c2ccc(/C(C=C)=C/C(C(=O)C(=C)C(=C)C)=C(C)C)cc2)c2ccccc2C1(C)C.CC. The van der Waals surface area contributed by atoms with E-state index in [2.05, 4.69) is 106 Å². The zero-order valence-corrected chi connectivity index (χ0v) is 25.7. The standard InChI is InChI=1S/C36H39NO.C2H6/c1-11-16-33-31(13-3)36(9,10)32-17-14-15-18-34(32)37(33)29-21-19-28(20-22-29)27(12-2)23-30(25(6)7)35(38)26(8)24(4)5;1-2/h11-23H,2-4,8H2,1,5-7,9-10H3;1-2H3/b16-11-,27-23+;. The predicted molar refractivity (Wildman–Crippen MR) is 177 cm³/mol. The van der Waals surface area contributed by atoms with Crippen LogP contribution in [-0.2, 0) is 10.2 Å². The summed E-state index contributed by atoms with van der Waals surface area (Å²) in [6.45, 7) is 32.2. The van der Waals surface area contributed by atoms with Crippen molar-refractivity contribution in [2.24, 2.45) is 0 Å². The molecule has 0 aliphatic carbocycles. The number of Topliss-reactive ketones (excluding diaryl/α,β-unsaturated/α-hetero) is 1. The Morgan fingerprint density at radius 1 is 0.925 bits per heavy atom. The van der Waals surface area contributed by atoms with Gasteiger partial charge in [0.25, 0.3) is 0 Å². The van der Waals surface area contributed by atoms with Gasteiger partial charge in [-0.25, -0.2) is 0 Å². The Kier molecular flexibility index (Phi) is 11.0. The summed E-state index contributed by atoms with van der Waals surface area (Å²) in [4.78, 5) is 15.4. The predicted octanol–water partition coefficient (Wildman–Crippen LogP) is 10.8. The van der Waals surface area contributed by atoms with E-state index in [1.165, 1.54) is 11.1 Å². The first kappa shape index (κ1) is 32.0. The molecule has 40 heavy (non-hydrogen) atoms. The van der Waals surface area contributed by atoms with Crippen molar-refractivity contribution in [3.63, 3.8) is 0 Å². The molecule has 0 fully saturated rings. The van der Waals surface area contributed by atoms with Crippen LogP contribution in [0.1, 0.15) is 66.5 Å². The van der Waals surface area contributed by atoms with Gasteiger partial charge in [0.2, 0.25) is 0 Å². The van der Waals surface area contributed by atoms with Gasteiger partial charge in [-0.3, -0.25) is 4.79 Å². The highest BCUT2D eigenvalue weighted by Crippen LogP contribution is 2.48. The number of ketones is 1. The molecule has 0 aromatic heterocycles. The van der Waals surface area contributed by atoms with E-state index in [1.807, 2.05) is 46.8 Å². The van der Waals surface area contributed by atoms with Gasteiger partial charge in [0.05, 0.1) is 5.69 Å². The second kappa shape index (κ2) is 13.8. The van der Waals surface area contributed by atoms with E-state index in [0.29, 0.717) is 16.7 Å². The van der Waals surface area contributed by atoms with E-state index >= 15 is 0 Å². The van der Waals surface area contributed by atoms with Crippen LogP contribution in [0.3, 0.4) is 0 Å². The Morgan fingerprint density at radius 3 is 2.02 bits per heavy atom. The fourth-order valence-electron chi connectivity index (χ4n) is 4.88. The zero-order chi connectivity index (χ0) is 30.2. The van der Waals surface area contributed by atoms with Gasteiger partial charge in [0, 0.05) is 27.9 Å². The third kappa shape index (κ3) is 6.34. The third-order valence-electron chi connectivity index (χ3n) is 7.09. The molecule has 3 rings (SSSR count). The molecular weight excluding hydrogens is 486 g/mol. The van der Waals surface area contributed by atoms with Crippen LogP contribution in [0.25, 0.3) is 5.57 Å². The lowest BCUT2D eigenvalue weighted by Gasteiger charge is -2.42. The first-order valence-corrected chi connectivity index (χ1v) is 13.9. The maximum absolute atomic E-state index is 13.1. The van der Waals surface area contributed by atoms with Crippen molar-refractivity contribution in [2.45, 2.75) is 60.8 Å². The number of benzene rings is 2. The summed E-state index contributed by atoms with van der Waals surface area (Å²) >= 11 is 0. The average molecular weight is 532 g/mol. The number of hydrogen-bond donors (Lipinski definition) is 0. The normalized spacial score (nSPS) is 14.1. The average Bonchev–Trinajstić information content (AvgIpc) is 2.94. The first-order chi connectivity index (χ1) is 19.0. The molecule has 2 heteroatoms. The third-order valence-corrected chi connectivity index (χ3v) is 7.09. The highest BCUT2D eigenvalue weighted by atomic mass is 16.1. The van der Waals surface area contributed by atoms with Crippen molar-refractivity contribution >= 4 is 22.7 Å². The lowest BCUT2D eigenvalue weighted by Crippen LogP contribution is -2.33. The number of anilines is 2. The van der Waals surface area contributed by atoms with Gasteiger partial charge >= 0.3 is 0 Å². The Labute approximate surface area is 242 Å². The number of fused-ring (bicyclic) bond motifs is 1. The van der Waals surface area contributed by atoms with Crippen molar-refractivity contribution in [2.75, 3.05) is 4.90 Å². The second-order valence-corrected chi connectivity index (χ2v) is 10.3. The van der Waals surface area contributed by atoms with E-state index in [1.54, 1.807) is 13.0 Å².